The molecular weight excluding hydrogens is 250 g/mol. The molecule has 0 aromatic heterocycles. The number of nitrogens with two attached hydrogens (primary N) is 1. The molecule has 1 amide bonds. The first kappa shape index (κ1) is 16.3. The van der Waals surface area contributed by atoms with Crippen LogP contribution in [0, 0.1) is 0 Å². The van der Waals surface area contributed by atoms with Gasteiger partial charge in [-0.2, -0.15) is 0 Å². The maximum absolute atomic E-state index is 10.4. The summed E-state index contributed by atoms with van der Waals surface area (Å²) in [6.07, 6.45) is 0. The van der Waals surface area contributed by atoms with Gasteiger partial charge in [0.05, 0.1) is 33.0 Å². The van der Waals surface area contributed by atoms with Gasteiger partial charge in [0.15, 0.2) is 0 Å². The van der Waals surface area contributed by atoms with Crippen molar-refractivity contribution in [3.05, 3.63) is 0 Å². The molecule has 0 radical (unpaired) electrons. The van der Waals surface area contributed by atoms with Crippen LogP contribution in [-0.2, 0) is 19.0 Å². The van der Waals surface area contributed by atoms with E-state index in [1.165, 1.54) is 0 Å². The van der Waals surface area contributed by atoms with Gasteiger partial charge in [0.1, 0.15) is 6.61 Å². The summed E-state index contributed by atoms with van der Waals surface area (Å²) in [5, 5.41) is 3.31. The fourth-order valence-electron chi connectivity index (χ4n) is 1.74. The van der Waals surface area contributed by atoms with Crippen molar-refractivity contribution in [2.75, 3.05) is 72.4 Å². The van der Waals surface area contributed by atoms with Crippen molar-refractivity contribution < 1.29 is 19.0 Å². The number of carbonyl (C=O) groups excluding carboxylic acids is 1. The second-order valence-corrected chi connectivity index (χ2v) is 4.34. The lowest BCUT2D eigenvalue weighted by atomic mass is 10.4. The van der Waals surface area contributed by atoms with Gasteiger partial charge in [-0.3, -0.25) is 9.69 Å². The van der Waals surface area contributed by atoms with Crippen molar-refractivity contribution in [2.24, 2.45) is 5.73 Å². The fraction of sp³-hybridized carbons (Fsp3) is 0.917. The molecule has 0 spiro atoms. The molecule has 0 aromatic rings. The van der Waals surface area contributed by atoms with Crippen LogP contribution < -0.4 is 11.1 Å². The van der Waals surface area contributed by atoms with Gasteiger partial charge in [0.2, 0.25) is 5.91 Å². The first-order valence-corrected chi connectivity index (χ1v) is 6.73. The molecule has 3 N–H and O–H groups in total. The summed E-state index contributed by atoms with van der Waals surface area (Å²) in [5.41, 5.74) is 4.92. The van der Waals surface area contributed by atoms with Crippen LogP contribution in [0.5, 0.6) is 0 Å². The van der Waals surface area contributed by atoms with Crippen LogP contribution in [0.25, 0.3) is 0 Å². The summed E-state index contributed by atoms with van der Waals surface area (Å²) in [6, 6.07) is 0. The normalized spacial score (nSPS) is 16.6. The summed E-state index contributed by atoms with van der Waals surface area (Å²) in [6.45, 7) is 7.94. The van der Waals surface area contributed by atoms with Crippen molar-refractivity contribution in [3.8, 4) is 0 Å². The van der Waals surface area contributed by atoms with Crippen molar-refractivity contribution >= 4 is 5.91 Å². The molecule has 0 atom stereocenters. The maximum atomic E-state index is 10.4. The van der Waals surface area contributed by atoms with E-state index < -0.39 is 5.91 Å². The molecule has 1 rings (SSSR count). The maximum Gasteiger partial charge on any atom is 0.243 e. The highest BCUT2D eigenvalue weighted by Gasteiger charge is 2.08. The number of piperazine rings is 1. The summed E-state index contributed by atoms with van der Waals surface area (Å²) in [4.78, 5) is 12.7. The number of hydrogen-bond acceptors (Lipinski definition) is 6. The van der Waals surface area contributed by atoms with Gasteiger partial charge >= 0.3 is 0 Å². The van der Waals surface area contributed by atoms with Gasteiger partial charge in [0, 0.05) is 32.7 Å². The van der Waals surface area contributed by atoms with Gasteiger partial charge in [-0.25, -0.2) is 0 Å². The zero-order valence-electron chi connectivity index (χ0n) is 11.4. The van der Waals surface area contributed by atoms with Crippen LogP contribution in [0.3, 0.4) is 0 Å². The lowest BCUT2D eigenvalue weighted by Gasteiger charge is -2.26. The summed E-state index contributed by atoms with van der Waals surface area (Å²) in [5.74, 6) is -0.462. The quantitative estimate of drug-likeness (QED) is 0.443. The number of carbonyl (C=O) groups is 1. The van der Waals surface area contributed by atoms with E-state index in [0.717, 1.165) is 39.3 Å². The molecule has 112 valence electrons. The Hall–Kier alpha value is -0.730. The van der Waals surface area contributed by atoms with Gasteiger partial charge in [-0.1, -0.05) is 0 Å². The Morgan fingerprint density at radius 2 is 1.58 bits per heavy atom. The van der Waals surface area contributed by atoms with E-state index in [0.29, 0.717) is 26.4 Å². The molecule has 7 nitrogen and oxygen atoms in total. The van der Waals surface area contributed by atoms with Crippen LogP contribution in [0.4, 0.5) is 0 Å². The largest absolute Gasteiger partial charge is 0.378 e. The van der Waals surface area contributed by atoms with E-state index in [4.69, 9.17) is 19.9 Å². The van der Waals surface area contributed by atoms with E-state index in [1.807, 2.05) is 0 Å². The van der Waals surface area contributed by atoms with Crippen LogP contribution >= 0.6 is 0 Å². The molecule has 19 heavy (non-hydrogen) atoms. The summed E-state index contributed by atoms with van der Waals surface area (Å²) < 4.78 is 15.7. The second-order valence-electron chi connectivity index (χ2n) is 4.34. The third-order valence-corrected chi connectivity index (χ3v) is 2.75. The Kier molecular flexibility index (Phi) is 9.56. The number of nitrogens with one attached hydrogen (secondary N) is 1. The van der Waals surface area contributed by atoms with Gasteiger partial charge in [-0.15, -0.1) is 0 Å². The van der Waals surface area contributed by atoms with Crippen molar-refractivity contribution in [3.63, 3.8) is 0 Å². The van der Waals surface area contributed by atoms with E-state index in [-0.39, 0.29) is 6.61 Å². The molecule has 1 aliphatic rings. The molecule has 1 saturated heterocycles. The zero-order chi connectivity index (χ0) is 13.8. The number of amides is 1. The Bertz CT molecular complexity index is 235. The van der Waals surface area contributed by atoms with E-state index in [9.17, 15) is 4.79 Å². The number of hydrogen-bond donors (Lipinski definition) is 2. The van der Waals surface area contributed by atoms with Crippen LogP contribution in [0.15, 0.2) is 0 Å². The minimum Gasteiger partial charge on any atom is -0.378 e. The summed E-state index contributed by atoms with van der Waals surface area (Å²) in [7, 11) is 0. The molecule has 0 aromatic carbocycles. The Balaban J connectivity index is 1.74. The third kappa shape index (κ3) is 9.80. The van der Waals surface area contributed by atoms with Crippen LogP contribution in [0.2, 0.25) is 0 Å². The highest BCUT2D eigenvalue weighted by atomic mass is 16.5. The predicted molar refractivity (Wildman–Crippen MR) is 71.0 cm³/mol. The Morgan fingerprint density at radius 1 is 1.00 bits per heavy atom. The van der Waals surface area contributed by atoms with Gasteiger partial charge in [0.25, 0.3) is 0 Å². The van der Waals surface area contributed by atoms with Crippen LogP contribution in [0.1, 0.15) is 0 Å². The molecule has 1 heterocycles. The van der Waals surface area contributed by atoms with E-state index in [2.05, 4.69) is 10.2 Å². The highest BCUT2D eigenvalue weighted by molar-refractivity contribution is 5.74. The molecular formula is C12H25N3O4. The molecule has 0 aliphatic carbocycles. The average Bonchev–Trinajstić information content (AvgIpc) is 2.42. The number of rotatable bonds is 11. The topological polar surface area (TPSA) is 86.1 Å². The fourth-order valence-corrected chi connectivity index (χ4v) is 1.74. The van der Waals surface area contributed by atoms with E-state index in [1.54, 1.807) is 0 Å². The smallest absolute Gasteiger partial charge is 0.243 e. The number of nitrogens with zero attached hydrogens (tertiary/aromatic N) is 1. The number of primary amides is 1. The van der Waals surface area contributed by atoms with Crippen molar-refractivity contribution in [1.82, 2.24) is 10.2 Å². The van der Waals surface area contributed by atoms with Crippen molar-refractivity contribution in [2.45, 2.75) is 0 Å². The molecule has 7 heteroatoms. The lowest BCUT2D eigenvalue weighted by molar-refractivity contribution is -0.123. The van der Waals surface area contributed by atoms with E-state index >= 15 is 0 Å². The standard InChI is InChI=1S/C12H25N3O4/c13-12(16)11-19-10-9-18-8-7-17-6-5-15-3-1-14-2-4-15/h14H,1-11H2,(H2,13,16). The van der Waals surface area contributed by atoms with Gasteiger partial charge in [-0.05, 0) is 0 Å². The lowest BCUT2D eigenvalue weighted by Crippen LogP contribution is -2.44. The predicted octanol–water partition coefficient (Wildman–Crippen LogP) is -1.57. The SMILES string of the molecule is NC(=O)COCCOCCOCCN1CCNCC1. The molecule has 0 bridgehead atoms. The second kappa shape index (κ2) is 11.1. The highest BCUT2D eigenvalue weighted by Crippen LogP contribution is 1.91. The summed E-state index contributed by atoms with van der Waals surface area (Å²) >= 11 is 0. The monoisotopic (exact) mass is 275 g/mol. The molecule has 0 saturated carbocycles. The molecule has 1 fully saturated rings. The first-order valence-electron chi connectivity index (χ1n) is 6.73. The van der Waals surface area contributed by atoms with Gasteiger partial charge < -0.3 is 25.3 Å². The molecule has 1 aliphatic heterocycles. The Labute approximate surface area is 114 Å². The Morgan fingerprint density at radius 3 is 2.21 bits per heavy atom. The minimum atomic E-state index is -0.462. The van der Waals surface area contributed by atoms with Crippen LogP contribution in [-0.4, -0.2) is 83.2 Å². The van der Waals surface area contributed by atoms with Crippen molar-refractivity contribution in [1.29, 1.82) is 0 Å². The minimum absolute atomic E-state index is 0.0510. The third-order valence-electron chi connectivity index (χ3n) is 2.75. The zero-order valence-corrected chi connectivity index (χ0v) is 11.4. The molecule has 0 unspecified atom stereocenters. The number of ether oxygens (including phenoxy) is 3. The average molecular weight is 275 g/mol. The first-order chi connectivity index (χ1) is 9.29.